The molecular formula is C21H22Cl2N4O. The van der Waals surface area contributed by atoms with Crippen LogP contribution in [-0.2, 0) is 19.5 Å². The van der Waals surface area contributed by atoms with Gasteiger partial charge < -0.3 is 4.90 Å². The smallest absolute Gasteiger partial charge is 0.275 e. The van der Waals surface area contributed by atoms with Gasteiger partial charge in [0.15, 0.2) is 0 Å². The number of nitrogens with one attached hydrogen (secondary N) is 1. The fourth-order valence-corrected chi connectivity index (χ4v) is 3.24. The first-order valence-corrected chi connectivity index (χ1v) is 9.85. The van der Waals surface area contributed by atoms with Gasteiger partial charge in [-0.25, -0.2) is 0 Å². The quantitative estimate of drug-likeness (QED) is 0.578. The molecule has 0 unspecified atom stereocenters. The molecule has 0 saturated heterocycles. The number of benzene rings is 1. The maximum atomic E-state index is 13.2. The summed E-state index contributed by atoms with van der Waals surface area (Å²) < 4.78 is 0. The Hall–Kier alpha value is -2.37. The molecule has 146 valence electrons. The first-order valence-electron chi connectivity index (χ1n) is 9.09. The van der Waals surface area contributed by atoms with Crippen molar-refractivity contribution in [2.45, 2.75) is 33.4 Å². The topological polar surface area (TPSA) is 61.9 Å². The molecule has 0 saturated carbocycles. The number of amides is 1. The molecule has 0 atom stereocenters. The summed E-state index contributed by atoms with van der Waals surface area (Å²) in [4.78, 5) is 19.2. The molecule has 0 radical (unpaired) electrons. The summed E-state index contributed by atoms with van der Waals surface area (Å²) in [7, 11) is 0. The van der Waals surface area contributed by atoms with Crippen molar-refractivity contribution in [2.24, 2.45) is 5.92 Å². The highest BCUT2D eigenvalue weighted by Gasteiger charge is 2.20. The van der Waals surface area contributed by atoms with Crippen molar-refractivity contribution in [3.05, 3.63) is 81.4 Å². The molecule has 0 aliphatic rings. The van der Waals surface area contributed by atoms with E-state index in [0.29, 0.717) is 34.7 Å². The Morgan fingerprint density at radius 1 is 1.11 bits per heavy atom. The zero-order valence-electron chi connectivity index (χ0n) is 15.8. The van der Waals surface area contributed by atoms with E-state index in [1.807, 2.05) is 30.3 Å². The summed E-state index contributed by atoms with van der Waals surface area (Å²) >= 11 is 12.2. The zero-order valence-corrected chi connectivity index (χ0v) is 17.3. The van der Waals surface area contributed by atoms with Gasteiger partial charge in [-0.2, -0.15) is 5.10 Å². The molecule has 3 aromatic rings. The molecule has 28 heavy (non-hydrogen) atoms. The average Bonchev–Trinajstić information content (AvgIpc) is 3.12. The van der Waals surface area contributed by atoms with Crippen molar-refractivity contribution < 1.29 is 4.79 Å². The van der Waals surface area contributed by atoms with Gasteiger partial charge in [0, 0.05) is 18.4 Å². The number of hydrogen-bond donors (Lipinski definition) is 1. The molecule has 0 aliphatic carbocycles. The van der Waals surface area contributed by atoms with Crippen LogP contribution in [0.2, 0.25) is 10.0 Å². The lowest BCUT2D eigenvalue weighted by molar-refractivity contribution is 0.0722. The first kappa shape index (κ1) is 20.4. The number of hydrogen-bond acceptors (Lipinski definition) is 3. The zero-order chi connectivity index (χ0) is 20.1. The molecule has 1 aromatic carbocycles. The van der Waals surface area contributed by atoms with Crippen LogP contribution in [0.1, 0.15) is 41.3 Å². The van der Waals surface area contributed by atoms with Crippen molar-refractivity contribution in [1.82, 2.24) is 20.1 Å². The number of carbonyl (C=O) groups excluding carboxylic acids is 1. The molecule has 0 bridgehead atoms. The van der Waals surface area contributed by atoms with Crippen LogP contribution in [0.4, 0.5) is 0 Å². The SMILES string of the molecule is CC(C)Cc1cc(C(=O)N(Cc2ccc(Cl)c(Cl)c2)Cc2ccccn2)n[nH]1. The second-order valence-electron chi connectivity index (χ2n) is 7.11. The number of rotatable bonds is 7. The van der Waals surface area contributed by atoms with E-state index in [-0.39, 0.29) is 5.91 Å². The van der Waals surface area contributed by atoms with Crippen LogP contribution in [0.15, 0.2) is 48.7 Å². The Morgan fingerprint density at radius 3 is 2.61 bits per heavy atom. The van der Waals surface area contributed by atoms with Crippen molar-refractivity contribution >= 4 is 29.1 Å². The molecule has 3 rings (SSSR count). The maximum Gasteiger partial charge on any atom is 0.275 e. The molecule has 0 aliphatic heterocycles. The highest BCUT2D eigenvalue weighted by atomic mass is 35.5. The second kappa shape index (κ2) is 9.22. The Morgan fingerprint density at radius 2 is 1.93 bits per heavy atom. The third-order valence-electron chi connectivity index (χ3n) is 4.20. The van der Waals surface area contributed by atoms with E-state index in [4.69, 9.17) is 23.2 Å². The third kappa shape index (κ3) is 5.33. The summed E-state index contributed by atoms with van der Waals surface area (Å²) in [5, 5.41) is 8.13. The fraction of sp³-hybridized carbons (Fsp3) is 0.286. The Kier molecular flexibility index (Phi) is 6.70. The number of aromatic nitrogens is 3. The number of pyridine rings is 1. The number of carbonyl (C=O) groups is 1. The van der Waals surface area contributed by atoms with Gasteiger partial charge in [0.05, 0.1) is 22.3 Å². The summed E-state index contributed by atoms with van der Waals surface area (Å²) in [5.41, 5.74) is 3.03. The van der Waals surface area contributed by atoms with E-state index in [2.05, 4.69) is 29.0 Å². The summed E-state index contributed by atoms with van der Waals surface area (Å²) in [6.45, 7) is 4.99. The number of H-pyrrole nitrogens is 1. The fourth-order valence-electron chi connectivity index (χ4n) is 2.92. The first-order chi connectivity index (χ1) is 13.4. The van der Waals surface area contributed by atoms with Crippen molar-refractivity contribution in [3.8, 4) is 0 Å². The van der Waals surface area contributed by atoms with E-state index in [1.54, 1.807) is 23.2 Å². The van der Waals surface area contributed by atoms with Crippen molar-refractivity contribution in [1.29, 1.82) is 0 Å². The van der Waals surface area contributed by atoms with Crippen molar-refractivity contribution in [2.75, 3.05) is 0 Å². The summed E-state index contributed by atoms with van der Waals surface area (Å²) in [6.07, 6.45) is 2.56. The minimum Gasteiger partial charge on any atom is -0.327 e. The van der Waals surface area contributed by atoms with E-state index < -0.39 is 0 Å². The lowest BCUT2D eigenvalue weighted by Gasteiger charge is -2.22. The van der Waals surface area contributed by atoms with E-state index in [0.717, 1.165) is 23.4 Å². The second-order valence-corrected chi connectivity index (χ2v) is 7.92. The Balaban J connectivity index is 1.85. The van der Waals surface area contributed by atoms with E-state index >= 15 is 0 Å². The van der Waals surface area contributed by atoms with Crippen LogP contribution >= 0.6 is 23.2 Å². The van der Waals surface area contributed by atoms with Gasteiger partial charge in [-0.05, 0) is 48.2 Å². The maximum absolute atomic E-state index is 13.2. The predicted octanol–water partition coefficient (Wildman–Crippen LogP) is 5.15. The highest BCUT2D eigenvalue weighted by Crippen LogP contribution is 2.24. The monoisotopic (exact) mass is 416 g/mol. The molecule has 2 aromatic heterocycles. The largest absolute Gasteiger partial charge is 0.327 e. The van der Waals surface area contributed by atoms with Gasteiger partial charge >= 0.3 is 0 Å². The Labute approximate surface area is 174 Å². The summed E-state index contributed by atoms with van der Waals surface area (Å²) in [6, 6.07) is 12.8. The molecule has 0 fully saturated rings. The van der Waals surface area contributed by atoms with Crippen LogP contribution < -0.4 is 0 Å². The minimum atomic E-state index is -0.164. The van der Waals surface area contributed by atoms with Gasteiger partial charge in [0.2, 0.25) is 0 Å². The third-order valence-corrected chi connectivity index (χ3v) is 4.94. The molecule has 7 heteroatoms. The standard InChI is InChI=1S/C21H22Cl2N4O/c1-14(2)9-17-11-20(26-25-17)21(28)27(13-16-5-3-4-8-24-16)12-15-6-7-18(22)19(23)10-15/h3-8,10-11,14H,9,12-13H2,1-2H3,(H,25,26). The van der Waals surface area contributed by atoms with Crippen LogP contribution in [0.3, 0.4) is 0 Å². The van der Waals surface area contributed by atoms with Gasteiger partial charge in [-0.3, -0.25) is 14.9 Å². The average molecular weight is 417 g/mol. The van der Waals surface area contributed by atoms with Gasteiger partial charge in [-0.15, -0.1) is 0 Å². The molecule has 1 N–H and O–H groups in total. The summed E-state index contributed by atoms with van der Waals surface area (Å²) in [5.74, 6) is 0.312. The van der Waals surface area contributed by atoms with Gasteiger partial charge in [0.1, 0.15) is 5.69 Å². The minimum absolute atomic E-state index is 0.164. The molecule has 1 amide bonds. The number of aromatic amines is 1. The van der Waals surface area contributed by atoms with Crippen LogP contribution in [0.5, 0.6) is 0 Å². The van der Waals surface area contributed by atoms with E-state index in [9.17, 15) is 4.79 Å². The lowest BCUT2D eigenvalue weighted by Crippen LogP contribution is -2.30. The Bertz CT molecular complexity index is 941. The molecule has 2 heterocycles. The number of nitrogens with zero attached hydrogens (tertiary/aromatic N) is 3. The molecular weight excluding hydrogens is 395 g/mol. The lowest BCUT2D eigenvalue weighted by atomic mass is 10.1. The van der Waals surface area contributed by atoms with Gasteiger partial charge in [-0.1, -0.05) is 49.2 Å². The number of halogens is 2. The molecule has 5 nitrogen and oxygen atoms in total. The van der Waals surface area contributed by atoms with E-state index in [1.165, 1.54) is 0 Å². The van der Waals surface area contributed by atoms with Crippen LogP contribution in [0.25, 0.3) is 0 Å². The van der Waals surface area contributed by atoms with Gasteiger partial charge in [0.25, 0.3) is 5.91 Å². The van der Waals surface area contributed by atoms with Crippen LogP contribution in [-0.4, -0.2) is 26.0 Å². The highest BCUT2D eigenvalue weighted by molar-refractivity contribution is 6.42. The normalized spacial score (nSPS) is 11.0. The van der Waals surface area contributed by atoms with Crippen LogP contribution in [0, 0.1) is 5.92 Å². The predicted molar refractivity (Wildman–Crippen MR) is 111 cm³/mol. The molecule has 0 spiro atoms. The van der Waals surface area contributed by atoms with Crippen molar-refractivity contribution in [3.63, 3.8) is 0 Å².